The minimum atomic E-state index is -0.267. The number of anilines is 3. The summed E-state index contributed by atoms with van der Waals surface area (Å²) >= 11 is 6.05. The number of aliphatic hydroxyl groups is 2. The van der Waals surface area contributed by atoms with Crippen LogP contribution in [0.1, 0.15) is 25.7 Å². The normalized spacial score (nSPS) is 19.0. The second kappa shape index (κ2) is 8.99. The average Bonchev–Trinajstić information content (AvgIpc) is 2.72. The maximum absolute atomic E-state index is 13.0. The number of nitrogens with one attached hydrogen (secondary N) is 2. The molecule has 3 aromatic heterocycles. The van der Waals surface area contributed by atoms with Crippen molar-refractivity contribution < 1.29 is 10.2 Å². The molecule has 3 heterocycles. The molecule has 1 fully saturated rings. The molecule has 0 radical (unpaired) electrons. The van der Waals surface area contributed by atoms with Gasteiger partial charge >= 0.3 is 0 Å². The van der Waals surface area contributed by atoms with Gasteiger partial charge in [0.25, 0.3) is 5.56 Å². The molecule has 1 aliphatic carbocycles. The number of aromatic nitrogens is 3. The molecule has 0 atom stereocenters. The number of hydrogen-bond donors (Lipinski definition) is 4. The molecule has 0 aromatic carbocycles. The van der Waals surface area contributed by atoms with Gasteiger partial charge in [0.15, 0.2) is 0 Å². The van der Waals surface area contributed by atoms with E-state index in [4.69, 9.17) is 11.6 Å². The van der Waals surface area contributed by atoms with Gasteiger partial charge in [-0.15, -0.1) is 0 Å². The van der Waals surface area contributed by atoms with E-state index in [1.54, 1.807) is 30.6 Å². The van der Waals surface area contributed by atoms with E-state index in [9.17, 15) is 15.0 Å². The summed E-state index contributed by atoms with van der Waals surface area (Å²) in [5.74, 6) is 1.57. The zero-order chi connectivity index (χ0) is 21.1. The standard InChI is InChI=1S/C21H24ClN5O3/c22-14-5-7-23-17(12-14)25-18-11-13-6-8-27(9-10-28)21(30)19(13)20(26-18)24-15-1-3-16(29)4-2-15/h5-8,11-12,15-16,28-29H,1-4,9-10H2,(H2,23,24,25,26)/t15-,16+. The molecule has 3 aromatic rings. The zero-order valence-corrected chi connectivity index (χ0v) is 17.1. The van der Waals surface area contributed by atoms with E-state index in [1.807, 2.05) is 6.07 Å². The number of aliphatic hydroxyl groups excluding tert-OH is 2. The molecular weight excluding hydrogens is 406 g/mol. The Morgan fingerprint density at radius 3 is 2.70 bits per heavy atom. The van der Waals surface area contributed by atoms with Gasteiger partial charge in [0.2, 0.25) is 0 Å². The molecule has 0 unspecified atom stereocenters. The molecule has 4 N–H and O–H groups in total. The minimum absolute atomic E-state index is 0.120. The molecule has 0 spiro atoms. The SMILES string of the molecule is O=c1c2c(N[C@H]3CC[C@@H](O)CC3)nc(Nc3cc(Cl)ccn3)cc2ccn1CCO. The molecule has 8 nitrogen and oxygen atoms in total. The van der Waals surface area contributed by atoms with Crippen LogP contribution in [-0.4, -0.2) is 43.5 Å². The Hall–Kier alpha value is -2.68. The van der Waals surface area contributed by atoms with Gasteiger partial charge in [0.1, 0.15) is 17.5 Å². The molecule has 158 valence electrons. The van der Waals surface area contributed by atoms with Crippen molar-refractivity contribution in [2.75, 3.05) is 17.2 Å². The smallest absolute Gasteiger partial charge is 0.262 e. The van der Waals surface area contributed by atoms with Crippen LogP contribution in [0.4, 0.5) is 17.5 Å². The van der Waals surface area contributed by atoms with E-state index in [-0.39, 0.29) is 30.9 Å². The van der Waals surface area contributed by atoms with Crippen molar-refractivity contribution in [1.29, 1.82) is 0 Å². The van der Waals surface area contributed by atoms with Crippen LogP contribution in [0.2, 0.25) is 5.02 Å². The van der Waals surface area contributed by atoms with Gasteiger partial charge in [0.05, 0.1) is 18.1 Å². The average molecular weight is 430 g/mol. The fraction of sp³-hybridized carbons (Fsp3) is 0.381. The summed E-state index contributed by atoms with van der Waals surface area (Å²) in [6.07, 6.45) is 6.04. The monoisotopic (exact) mass is 429 g/mol. The van der Waals surface area contributed by atoms with E-state index in [1.165, 1.54) is 4.57 Å². The van der Waals surface area contributed by atoms with Crippen molar-refractivity contribution >= 4 is 39.8 Å². The number of pyridine rings is 3. The molecule has 0 amide bonds. The predicted octanol–water partition coefficient (Wildman–Crippen LogP) is 2.90. The Morgan fingerprint density at radius 1 is 1.17 bits per heavy atom. The van der Waals surface area contributed by atoms with Gasteiger partial charge in [-0.2, -0.15) is 0 Å². The molecule has 1 aliphatic rings. The zero-order valence-electron chi connectivity index (χ0n) is 16.4. The van der Waals surface area contributed by atoms with Crippen molar-refractivity contribution in [2.24, 2.45) is 0 Å². The lowest BCUT2D eigenvalue weighted by molar-refractivity contribution is 0.126. The lowest BCUT2D eigenvalue weighted by Gasteiger charge is -2.27. The van der Waals surface area contributed by atoms with Crippen LogP contribution in [-0.2, 0) is 6.54 Å². The Kier molecular flexibility index (Phi) is 6.17. The molecule has 1 saturated carbocycles. The van der Waals surface area contributed by atoms with E-state index in [0.29, 0.717) is 40.7 Å². The second-order valence-electron chi connectivity index (χ2n) is 7.49. The number of fused-ring (bicyclic) bond motifs is 1. The molecule has 4 rings (SSSR count). The summed E-state index contributed by atoms with van der Waals surface area (Å²) in [6.45, 7) is 0.0957. The van der Waals surface area contributed by atoms with Crippen LogP contribution in [0, 0.1) is 0 Å². The first kappa shape index (κ1) is 20.6. The van der Waals surface area contributed by atoms with Gasteiger partial charge in [-0.3, -0.25) is 4.79 Å². The van der Waals surface area contributed by atoms with Gasteiger partial charge in [-0.1, -0.05) is 11.6 Å². The van der Waals surface area contributed by atoms with Gasteiger partial charge < -0.3 is 25.4 Å². The Bertz CT molecular complexity index is 1100. The largest absolute Gasteiger partial charge is 0.395 e. The van der Waals surface area contributed by atoms with Crippen molar-refractivity contribution in [2.45, 2.75) is 44.4 Å². The van der Waals surface area contributed by atoms with Crippen molar-refractivity contribution in [3.8, 4) is 0 Å². The highest BCUT2D eigenvalue weighted by atomic mass is 35.5. The van der Waals surface area contributed by atoms with Crippen molar-refractivity contribution in [3.05, 3.63) is 52.0 Å². The Labute approximate surface area is 178 Å². The highest BCUT2D eigenvalue weighted by Crippen LogP contribution is 2.28. The predicted molar refractivity (Wildman–Crippen MR) is 118 cm³/mol. The highest BCUT2D eigenvalue weighted by Gasteiger charge is 2.21. The highest BCUT2D eigenvalue weighted by molar-refractivity contribution is 6.30. The maximum atomic E-state index is 13.0. The summed E-state index contributed by atoms with van der Waals surface area (Å²) in [5, 5.41) is 27.4. The lowest BCUT2D eigenvalue weighted by Crippen LogP contribution is -2.30. The summed E-state index contributed by atoms with van der Waals surface area (Å²) in [7, 11) is 0. The van der Waals surface area contributed by atoms with E-state index < -0.39 is 0 Å². The fourth-order valence-electron chi connectivity index (χ4n) is 3.77. The fourth-order valence-corrected chi connectivity index (χ4v) is 3.93. The summed E-state index contributed by atoms with van der Waals surface area (Å²) in [4.78, 5) is 21.9. The van der Waals surface area contributed by atoms with Gasteiger partial charge in [0, 0.05) is 30.0 Å². The topological polar surface area (TPSA) is 112 Å². The van der Waals surface area contributed by atoms with Crippen LogP contribution in [0.3, 0.4) is 0 Å². The number of halogens is 1. The first-order chi connectivity index (χ1) is 14.5. The first-order valence-electron chi connectivity index (χ1n) is 10.0. The Morgan fingerprint density at radius 2 is 1.97 bits per heavy atom. The summed E-state index contributed by atoms with van der Waals surface area (Å²) < 4.78 is 1.48. The maximum Gasteiger partial charge on any atom is 0.262 e. The summed E-state index contributed by atoms with van der Waals surface area (Å²) in [6, 6.07) is 7.13. The van der Waals surface area contributed by atoms with Crippen LogP contribution >= 0.6 is 11.6 Å². The summed E-state index contributed by atoms with van der Waals surface area (Å²) in [5.41, 5.74) is -0.208. The van der Waals surface area contributed by atoms with Crippen LogP contribution in [0.25, 0.3) is 10.8 Å². The number of rotatable bonds is 6. The minimum Gasteiger partial charge on any atom is -0.395 e. The third-order valence-corrected chi connectivity index (χ3v) is 5.55. The van der Waals surface area contributed by atoms with Gasteiger partial charge in [-0.25, -0.2) is 9.97 Å². The Balaban J connectivity index is 1.75. The molecule has 0 bridgehead atoms. The van der Waals surface area contributed by atoms with Crippen LogP contribution < -0.4 is 16.2 Å². The van der Waals surface area contributed by atoms with E-state index in [2.05, 4.69) is 20.6 Å². The molecular formula is C21H24ClN5O3. The van der Waals surface area contributed by atoms with E-state index >= 15 is 0 Å². The second-order valence-corrected chi connectivity index (χ2v) is 7.93. The molecule has 30 heavy (non-hydrogen) atoms. The third-order valence-electron chi connectivity index (χ3n) is 5.32. The molecule has 0 aliphatic heterocycles. The van der Waals surface area contributed by atoms with Gasteiger partial charge in [-0.05, 0) is 55.3 Å². The van der Waals surface area contributed by atoms with E-state index in [0.717, 1.165) is 18.2 Å². The van der Waals surface area contributed by atoms with Crippen LogP contribution in [0.5, 0.6) is 0 Å². The first-order valence-corrected chi connectivity index (χ1v) is 10.4. The molecule has 0 saturated heterocycles. The lowest BCUT2D eigenvalue weighted by atomic mass is 9.93. The number of nitrogens with zero attached hydrogens (tertiary/aromatic N) is 3. The van der Waals surface area contributed by atoms with Crippen LogP contribution in [0.15, 0.2) is 41.5 Å². The third kappa shape index (κ3) is 4.56. The van der Waals surface area contributed by atoms with Crippen molar-refractivity contribution in [1.82, 2.24) is 14.5 Å². The van der Waals surface area contributed by atoms with Crippen molar-refractivity contribution in [3.63, 3.8) is 0 Å². The number of hydrogen-bond acceptors (Lipinski definition) is 7. The molecule has 9 heteroatoms. The quantitative estimate of drug-likeness (QED) is 0.476.